The number of nitrogens with zero attached hydrogens (tertiary/aromatic N) is 1. The van der Waals surface area contributed by atoms with Crippen molar-refractivity contribution in [1.82, 2.24) is 4.98 Å². The first-order valence-corrected chi connectivity index (χ1v) is 6.15. The van der Waals surface area contributed by atoms with Gasteiger partial charge >= 0.3 is 0 Å². The van der Waals surface area contributed by atoms with Crippen LogP contribution in [0.5, 0.6) is 0 Å². The minimum absolute atomic E-state index is 0.668. The molecule has 0 saturated heterocycles. The minimum atomic E-state index is 0.668. The number of hydrogen-bond acceptors (Lipinski definition) is 3. The second kappa shape index (κ2) is 5.19. The van der Waals surface area contributed by atoms with E-state index in [0.29, 0.717) is 6.54 Å². The van der Waals surface area contributed by atoms with Gasteiger partial charge in [-0.1, -0.05) is 18.2 Å². The number of halogens is 1. The first-order chi connectivity index (χ1) is 8.16. The molecule has 88 valence electrons. The first kappa shape index (κ1) is 11.9. The van der Waals surface area contributed by atoms with E-state index in [9.17, 15) is 0 Å². The van der Waals surface area contributed by atoms with Gasteiger partial charge in [0.25, 0.3) is 0 Å². The molecule has 1 aromatic carbocycles. The molecule has 0 bridgehead atoms. The van der Waals surface area contributed by atoms with Crippen LogP contribution in [0.3, 0.4) is 0 Å². The van der Waals surface area contributed by atoms with Crippen LogP contribution < -0.4 is 11.1 Å². The molecule has 0 unspecified atom stereocenters. The van der Waals surface area contributed by atoms with E-state index in [1.54, 1.807) is 0 Å². The lowest BCUT2D eigenvalue weighted by atomic mass is 10.2. The van der Waals surface area contributed by atoms with Gasteiger partial charge in [0.05, 0.1) is 4.47 Å². The molecule has 17 heavy (non-hydrogen) atoms. The highest BCUT2D eigenvalue weighted by Crippen LogP contribution is 2.21. The van der Waals surface area contributed by atoms with Gasteiger partial charge in [-0.25, -0.2) is 4.98 Å². The van der Waals surface area contributed by atoms with E-state index in [1.807, 2.05) is 43.5 Å². The zero-order valence-electron chi connectivity index (χ0n) is 9.57. The Labute approximate surface area is 109 Å². The number of nitrogens with two attached hydrogens (primary N) is 1. The number of rotatable bonds is 3. The summed E-state index contributed by atoms with van der Waals surface area (Å²) in [6, 6.07) is 9.84. The van der Waals surface area contributed by atoms with Crippen LogP contribution in [0.25, 0.3) is 0 Å². The van der Waals surface area contributed by atoms with E-state index in [2.05, 4.69) is 26.2 Å². The summed E-state index contributed by atoms with van der Waals surface area (Å²) >= 11 is 3.48. The minimum Gasteiger partial charge on any atom is -0.398 e. The van der Waals surface area contributed by atoms with Gasteiger partial charge in [-0.3, -0.25) is 0 Å². The molecule has 0 aliphatic carbocycles. The van der Waals surface area contributed by atoms with Crippen molar-refractivity contribution in [3.63, 3.8) is 0 Å². The average molecular weight is 292 g/mol. The fraction of sp³-hybridized carbons (Fsp3) is 0.154. The third-order valence-corrected chi connectivity index (χ3v) is 3.08. The third kappa shape index (κ3) is 2.97. The summed E-state index contributed by atoms with van der Waals surface area (Å²) in [4.78, 5) is 4.32. The Morgan fingerprint density at radius 2 is 2.12 bits per heavy atom. The molecule has 2 rings (SSSR count). The number of pyridine rings is 1. The summed E-state index contributed by atoms with van der Waals surface area (Å²) in [5.74, 6) is 0.832. The van der Waals surface area contributed by atoms with E-state index < -0.39 is 0 Å². The van der Waals surface area contributed by atoms with Crippen LogP contribution in [0.4, 0.5) is 11.5 Å². The first-order valence-electron chi connectivity index (χ1n) is 5.36. The lowest BCUT2D eigenvalue weighted by Gasteiger charge is -2.09. The fourth-order valence-electron chi connectivity index (χ4n) is 1.54. The van der Waals surface area contributed by atoms with Crippen LogP contribution in [0.1, 0.15) is 11.1 Å². The molecule has 1 aromatic heterocycles. The lowest BCUT2D eigenvalue weighted by molar-refractivity contribution is 1.10. The molecular formula is C13H14BrN3. The molecule has 0 spiro atoms. The van der Waals surface area contributed by atoms with Gasteiger partial charge in [0, 0.05) is 18.4 Å². The number of nitrogens with one attached hydrogen (secondary N) is 1. The van der Waals surface area contributed by atoms with Crippen molar-refractivity contribution in [1.29, 1.82) is 0 Å². The van der Waals surface area contributed by atoms with Crippen molar-refractivity contribution in [2.45, 2.75) is 13.5 Å². The van der Waals surface area contributed by atoms with Gasteiger partial charge in [0.1, 0.15) is 5.82 Å². The van der Waals surface area contributed by atoms with E-state index >= 15 is 0 Å². The smallest absolute Gasteiger partial charge is 0.140 e. The van der Waals surface area contributed by atoms with Gasteiger partial charge in [0.15, 0.2) is 0 Å². The van der Waals surface area contributed by atoms with Crippen molar-refractivity contribution in [3.05, 3.63) is 52.1 Å². The van der Waals surface area contributed by atoms with Crippen LogP contribution in [-0.4, -0.2) is 4.98 Å². The highest BCUT2D eigenvalue weighted by atomic mass is 79.9. The van der Waals surface area contributed by atoms with Crippen molar-refractivity contribution in [2.24, 2.45) is 0 Å². The fourth-order valence-corrected chi connectivity index (χ4v) is 2.14. The third-order valence-electron chi connectivity index (χ3n) is 2.48. The van der Waals surface area contributed by atoms with E-state index in [0.717, 1.165) is 27.1 Å². The Morgan fingerprint density at radius 1 is 1.35 bits per heavy atom. The number of benzene rings is 1. The molecule has 0 saturated carbocycles. The summed E-state index contributed by atoms with van der Waals surface area (Å²) in [6.07, 6.45) is 1.83. The molecule has 3 N–H and O–H groups in total. The number of nitrogen functional groups attached to an aromatic ring is 1. The van der Waals surface area contributed by atoms with E-state index in [-0.39, 0.29) is 0 Å². The predicted molar refractivity (Wildman–Crippen MR) is 74.9 cm³/mol. The Bertz CT molecular complexity index is 526. The molecule has 3 nitrogen and oxygen atoms in total. The van der Waals surface area contributed by atoms with E-state index in [4.69, 9.17) is 5.73 Å². The van der Waals surface area contributed by atoms with E-state index in [1.165, 1.54) is 0 Å². The van der Waals surface area contributed by atoms with Crippen molar-refractivity contribution in [3.8, 4) is 0 Å². The normalized spacial score (nSPS) is 10.2. The second-order valence-electron chi connectivity index (χ2n) is 3.90. The molecule has 0 aliphatic heterocycles. The number of aryl methyl sites for hydroxylation is 1. The largest absolute Gasteiger partial charge is 0.398 e. The summed E-state index contributed by atoms with van der Waals surface area (Å²) < 4.78 is 0.965. The Balaban J connectivity index is 2.10. The molecule has 0 radical (unpaired) electrons. The van der Waals surface area contributed by atoms with Gasteiger partial charge in [0.2, 0.25) is 0 Å². The number of anilines is 2. The molecular weight excluding hydrogens is 278 g/mol. The van der Waals surface area contributed by atoms with Gasteiger partial charge in [-0.2, -0.15) is 0 Å². The number of hydrogen-bond donors (Lipinski definition) is 2. The van der Waals surface area contributed by atoms with Gasteiger partial charge < -0.3 is 11.1 Å². The van der Waals surface area contributed by atoms with Gasteiger partial charge in [-0.15, -0.1) is 0 Å². The maximum Gasteiger partial charge on any atom is 0.140 e. The Morgan fingerprint density at radius 3 is 2.82 bits per heavy atom. The number of para-hydroxylation sites is 1. The van der Waals surface area contributed by atoms with Crippen LogP contribution in [-0.2, 0) is 6.54 Å². The quantitative estimate of drug-likeness (QED) is 0.853. The van der Waals surface area contributed by atoms with Crippen molar-refractivity contribution >= 4 is 27.4 Å². The zero-order valence-corrected chi connectivity index (χ0v) is 11.2. The van der Waals surface area contributed by atoms with Crippen LogP contribution >= 0.6 is 15.9 Å². The van der Waals surface area contributed by atoms with Gasteiger partial charge in [-0.05, 0) is 46.1 Å². The highest BCUT2D eigenvalue weighted by Gasteiger charge is 2.02. The lowest BCUT2D eigenvalue weighted by Crippen LogP contribution is -2.04. The Hall–Kier alpha value is -1.55. The molecule has 0 atom stereocenters. The maximum atomic E-state index is 5.87. The van der Waals surface area contributed by atoms with Crippen LogP contribution in [0.2, 0.25) is 0 Å². The Kier molecular flexibility index (Phi) is 3.64. The summed E-state index contributed by atoms with van der Waals surface area (Å²) in [7, 11) is 0. The second-order valence-corrected chi connectivity index (χ2v) is 4.75. The molecule has 0 amide bonds. The molecule has 2 aromatic rings. The maximum absolute atomic E-state index is 5.87. The van der Waals surface area contributed by atoms with Crippen molar-refractivity contribution in [2.75, 3.05) is 11.1 Å². The monoisotopic (exact) mass is 291 g/mol. The van der Waals surface area contributed by atoms with Crippen molar-refractivity contribution < 1.29 is 0 Å². The number of aromatic nitrogens is 1. The summed E-state index contributed by atoms with van der Waals surface area (Å²) in [5.41, 5.74) is 8.87. The highest BCUT2D eigenvalue weighted by molar-refractivity contribution is 9.10. The summed E-state index contributed by atoms with van der Waals surface area (Å²) in [6.45, 7) is 2.68. The molecule has 0 aliphatic rings. The standard InChI is InChI=1S/C13H14BrN3/c1-9-6-11(14)13(16-7-9)17-8-10-4-2-3-5-12(10)15/h2-7H,8,15H2,1H3,(H,16,17). The van der Waals surface area contributed by atoms with Crippen LogP contribution in [0, 0.1) is 6.92 Å². The zero-order chi connectivity index (χ0) is 12.3. The topological polar surface area (TPSA) is 50.9 Å². The summed E-state index contributed by atoms with van der Waals surface area (Å²) in [5, 5.41) is 3.26. The average Bonchev–Trinajstić information content (AvgIpc) is 2.30. The molecule has 1 heterocycles. The predicted octanol–water partition coefficient (Wildman–Crippen LogP) is 3.35. The molecule has 4 heteroatoms. The SMILES string of the molecule is Cc1cnc(NCc2ccccc2N)c(Br)c1. The van der Waals surface area contributed by atoms with Crippen LogP contribution in [0.15, 0.2) is 41.0 Å². The molecule has 0 fully saturated rings.